The number of carbonyl (C=O) groups excluding carboxylic acids is 1. The Morgan fingerprint density at radius 2 is 2.08 bits per heavy atom. The first-order valence-corrected chi connectivity index (χ1v) is 9.66. The maximum absolute atomic E-state index is 12.5. The molecule has 0 saturated carbocycles. The first-order valence-electron chi connectivity index (χ1n) is 8.85. The van der Waals surface area contributed by atoms with E-state index in [0.29, 0.717) is 6.42 Å². The number of furan rings is 1. The lowest BCUT2D eigenvalue weighted by Gasteiger charge is -2.05. The molecule has 2 heterocycles. The molecule has 4 aromatic rings. The van der Waals surface area contributed by atoms with Gasteiger partial charge < -0.3 is 9.73 Å². The Bertz CT molecular complexity index is 1160. The number of carbonyl (C=O) groups is 1. The molecule has 0 radical (unpaired) electrons. The van der Waals surface area contributed by atoms with Gasteiger partial charge in [0.1, 0.15) is 5.58 Å². The van der Waals surface area contributed by atoms with E-state index in [1.165, 1.54) is 17.5 Å². The Kier molecular flexibility index (Phi) is 3.57. The van der Waals surface area contributed by atoms with Gasteiger partial charge in [0.25, 0.3) is 0 Å². The van der Waals surface area contributed by atoms with Crippen LogP contribution in [0, 0.1) is 6.92 Å². The summed E-state index contributed by atoms with van der Waals surface area (Å²) < 4.78 is 6.79. The van der Waals surface area contributed by atoms with Crippen molar-refractivity contribution < 1.29 is 9.21 Å². The Hall–Kier alpha value is -2.66. The molecule has 1 aliphatic rings. The number of nitrogens with zero attached hydrogens (tertiary/aromatic N) is 1. The summed E-state index contributed by atoms with van der Waals surface area (Å²) in [6, 6.07) is 10.2. The summed E-state index contributed by atoms with van der Waals surface area (Å²) in [6.45, 7) is 1.99. The predicted molar refractivity (Wildman–Crippen MR) is 105 cm³/mol. The van der Waals surface area contributed by atoms with E-state index in [1.54, 1.807) is 17.6 Å². The number of nitrogens with one attached hydrogen (secondary N) is 1. The summed E-state index contributed by atoms with van der Waals surface area (Å²) in [5.74, 6) is -0.0335. The third-order valence-electron chi connectivity index (χ3n) is 5.00. The van der Waals surface area contributed by atoms with Crippen LogP contribution < -0.4 is 5.32 Å². The number of aryl methyl sites for hydroxylation is 3. The van der Waals surface area contributed by atoms with Gasteiger partial charge in [-0.3, -0.25) is 4.79 Å². The highest BCUT2D eigenvalue weighted by Crippen LogP contribution is 2.31. The quantitative estimate of drug-likeness (QED) is 0.557. The second-order valence-corrected chi connectivity index (χ2v) is 8.11. The molecule has 1 aliphatic carbocycles. The standard InChI is InChI=1S/C21H18N2O2S/c1-12-22-18-6-5-16(10-20(18)26-12)23-21(24)9-15-11-25-19-8-14-4-2-3-13(14)7-17(15)19/h5-8,10-11H,2-4,9H2,1H3,(H,23,24). The minimum absolute atomic E-state index is 0.0335. The van der Waals surface area contributed by atoms with Crippen LogP contribution in [0.2, 0.25) is 0 Å². The lowest BCUT2D eigenvalue weighted by Crippen LogP contribution is -2.14. The van der Waals surface area contributed by atoms with Crippen LogP contribution in [0.15, 0.2) is 41.0 Å². The Balaban J connectivity index is 1.38. The van der Waals surface area contributed by atoms with E-state index in [1.807, 2.05) is 25.1 Å². The zero-order chi connectivity index (χ0) is 17.7. The van der Waals surface area contributed by atoms with Crippen LogP contribution in [0.25, 0.3) is 21.2 Å². The van der Waals surface area contributed by atoms with E-state index in [-0.39, 0.29) is 5.91 Å². The largest absolute Gasteiger partial charge is 0.464 e. The van der Waals surface area contributed by atoms with Crippen molar-refractivity contribution in [3.8, 4) is 0 Å². The molecule has 5 rings (SSSR count). The van der Waals surface area contributed by atoms with Crippen LogP contribution in [0.3, 0.4) is 0 Å². The molecule has 0 saturated heterocycles. The average Bonchev–Trinajstić information content (AvgIpc) is 3.30. The van der Waals surface area contributed by atoms with Crippen molar-refractivity contribution in [2.45, 2.75) is 32.6 Å². The molecule has 5 heteroatoms. The zero-order valence-electron chi connectivity index (χ0n) is 14.5. The number of rotatable bonds is 3. The van der Waals surface area contributed by atoms with E-state index in [2.05, 4.69) is 22.4 Å². The van der Waals surface area contributed by atoms with Crippen molar-refractivity contribution in [1.29, 1.82) is 0 Å². The molecule has 4 nitrogen and oxygen atoms in total. The van der Waals surface area contributed by atoms with Crippen molar-refractivity contribution >= 4 is 44.1 Å². The Morgan fingerprint density at radius 3 is 2.96 bits per heavy atom. The third kappa shape index (κ3) is 2.69. The highest BCUT2D eigenvalue weighted by molar-refractivity contribution is 7.18. The number of fused-ring (bicyclic) bond motifs is 3. The number of amides is 1. The topological polar surface area (TPSA) is 55.1 Å². The number of benzene rings is 2. The second-order valence-electron chi connectivity index (χ2n) is 6.87. The summed E-state index contributed by atoms with van der Waals surface area (Å²) in [5.41, 5.74) is 6.39. The van der Waals surface area contributed by atoms with Crippen molar-refractivity contribution in [3.63, 3.8) is 0 Å². The maximum Gasteiger partial charge on any atom is 0.228 e. The highest BCUT2D eigenvalue weighted by Gasteiger charge is 2.17. The summed E-state index contributed by atoms with van der Waals surface area (Å²) in [5, 5.41) is 5.09. The van der Waals surface area contributed by atoms with Gasteiger partial charge >= 0.3 is 0 Å². The number of thiazole rings is 1. The van der Waals surface area contributed by atoms with Crippen LogP contribution >= 0.6 is 11.3 Å². The molecule has 0 atom stereocenters. The molecule has 0 fully saturated rings. The first kappa shape index (κ1) is 15.6. The van der Waals surface area contributed by atoms with Gasteiger partial charge in [0.2, 0.25) is 5.91 Å². The first-order chi connectivity index (χ1) is 12.7. The molecular formula is C21H18N2O2S. The van der Waals surface area contributed by atoms with E-state index >= 15 is 0 Å². The van der Waals surface area contributed by atoms with E-state index in [9.17, 15) is 4.79 Å². The molecule has 0 unspecified atom stereocenters. The normalized spacial score (nSPS) is 13.4. The van der Waals surface area contributed by atoms with Crippen molar-refractivity contribution in [2.24, 2.45) is 0 Å². The zero-order valence-corrected chi connectivity index (χ0v) is 15.3. The molecule has 1 amide bonds. The number of aromatic nitrogens is 1. The van der Waals surface area contributed by atoms with Gasteiger partial charge in [-0.05, 0) is 67.6 Å². The minimum atomic E-state index is -0.0335. The summed E-state index contributed by atoms with van der Waals surface area (Å²) in [6.07, 6.45) is 5.48. The fraction of sp³-hybridized carbons (Fsp3) is 0.238. The molecular weight excluding hydrogens is 344 g/mol. The van der Waals surface area contributed by atoms with Gasteiger partial charge in [0.15, 0.2) is 0 Å². The van der Waals surface area contributed by atoms with Crippen molar-refractivity contribution in [3.05, 3.63) is 58.3 Å². The van der Waals surface area contributed by atoms with Gasteiger partial charge in [-0.1, -0.05) is 0 Å². The summed E-state index contributed by atoms with van der Waals surface area (Å²) in [4.78, 5) is 17.0. The molecule has 2 aromatic heterocycles. The second kappa shape index (κ2) is 5.95. The Labute approximate surface area is 154 Å². The number of hydrogen-bond donors (Lipinski definition) is 1. The average molecular weight is 362 g/mol. The SMILES string of the molecule is Cc1nc2ccc(NC(=O)Cc3coc4cc5c(cc34)CCC5)cc2s1. The van der Waals surface area contributed by atoms with Crippen molar-refractivity contribution in [1.82, 2.24) is 4.98 Å². The summed E-state index contributed by atoms with van der Waals surface area (Å²) >= 11 is 1.63. The van der Waals surface area contributed by atoms with Gasteiger partial charge in [0.05, 0.1) is 27.9 Å². The Morgan fingerprint density at radius 1 is 1.23 bits per heavy atom. The van der Waals surface area contributed by atoms with Gasteiger partial charge in [-0.25, -0.2) is 4.98 Å². The minimum Gasteiger partial charge on any atom is -0.464 e. The molecule has 0 spiro atoms. The lowest BCUT2D eigenvalue weighted by molar-refractivity contribution is -0.115. The van der Waals surface area contributed by atoms with Crippen LogP contribution in [-0.4, -0.2) is 10.9 Å². The number of hydrogen-bond acceptors (Lipinski definition) is 4. The van der Waals surface area contributed by atoms with Crippen LogP contribution in [0.1, 0.15) is 28.1 Å². The van der Waals surface area contributed by atoms with Gasteiger partial charge in [-0.2, -0.15) is 0 Å². The van der Waals surface area contributed by atoms with E-state index < -0.39 is 0 Å². The fourth-order valence-electron chi connectivity index (χ4n) is 3.78. The lowest BCUT2D eigenvalue weighted by atomic mass is 10.0. The van der Waals surface area contributed by atoms with Crippen LogP contribution in [0.5, 0.6) is 0 Å². The predicted octanol–water partition coefficient (Wildman–Crippen LogP) is 5.02. The molecule has 26 heavy (non-hydrogen) atoms. The fourth-order valence-corrected chi connectivity index (χ4v) is 4.65. The third-order valence-corrected chi connectivity index (χ3v) is 5.93. The molecule has 0 bridgehead atoms. The molecule has 0 aliphatic heterocycles. The monoisotopic (exact) mass is 362 g/mol. The maximum atomic E-state index is 12.5. The highest BCUT2D eigenvalue weighted by atomic mass is 32.1. The van der Waals surface area contributed by atoms with E-state index in [0.717, 1.165) is 50.3 Å². The van der Waals surface area contributed by atoms with Gasteiger partial charge in [0, 0.05) is 16.6 Å². The number of anilines is 1. The van der Waals surface area contributed by atoms with Crippen LogP contribution in [0.4, 0.5) is 5.69 Å². The van der Waals surface area contributed by atoms with E-state index in [4.69, 9.17) is 4.42 Å². The smallest absolute Gasteiger partial charge is 0.228 e. The van der Waals surface area contributed by atoms with Gasteiger partial charge in [-0.15, -0.1) is 11.3 Å². The molecule has 1 N–H and O–H groups in total. The molecule has 130 valence electrons. The van der Waals surface area contributed by atoms with Crippen molar-refractivity contribution in [2.75, 3.05) is 5.32 Å². The van der Waals surface area contributed by atoms with Crippen LogP contribution in [-0.2, 0) is 24.1 Å². The molecule has 2 aromatic carbocycles. The summed E-state index contributed by atoms with van der Waals surface area (Å²) in [7, 11) is 0.